The molecule has 2 N–H and O–H groups in total. The summed E-state index contributed by atoms with van der Waals surface area (Å²) in [6.07, 6.45) is 0.886. The number of sulfonamides is 1. The Morgan fingerprint density at radius 1 is 0.966 bits per heavy atom. The Bertz CT molecular complexity index is 1020. The van der Waals surface area contributed by atoms with E-state index in [1.807, 2.05) is 42.5 Å². The molecule has 1 aromatic heterocycles. The highest BCUT2D eigenvalue weighted by atomic mass is 35.5. The lowest BCUT2D eigenvalue weighted by Crippen LogP contribution is -2.48. The third-order valence-electron chi connectivity index (χ3n) is 4.28. The Kier molecular flexibility index (Phi) is 7.44. The van der Waals surface area contributed by atoms with Gasteiger partial charge >= 0.3 is 0 Å². The first-order chi connectivity index (χ1) is 13.9. The van der Waals surface area contributed by atoms with Crippen LogP contribution in [0, 0.1) is 0 Å². The molecule has 0 bridgehead atoms. The molecule has 29 heavy (non-hydrogen) atoms. The van der Waals surface area contributed by atoms with Gasteiger partial charge in [0, 0.05) is 11.6 Å². The highest BCUT2D eigenvalue weighted by Gasteiger charge is 2.26. The molecule has 152 valence electrons. The largest absolute Gasteiger partial charge is 0.354 e. The molecular formula is C21H21ClN2O3S2. The van der Waals surface area contributed by atoms with Gasteiger partial charge in [-0.15, -0.1) is 11.3 Å². The minimum atomic E-state index is -3.77. The summed E-state index contributed by atoms with van der Waals surface area (Å²) in [4.78, 5) is 12.8. The predicted molar refractivity (Wildman–Crippen MR) is 117 cm³/mol. The van der Waals surface area contributed by atoms with Crippen molar-refractivity contribution in [2.75, 3.05) is 6.54 Å². The van der Waals surface area contributed by atoms with E-state index in [9.17, 15) is 13.2 Å². The van der Waals surface area contributed by atoms with Crippen LogP contribution in [0.3, 0.4) is 0 Å². The predicted octanol–water partition coefficient (Wildman–Crippen LogP) is 3.65. The molecule has 3 aromatic rings. The van der Waals surface area contributed by atoms with E-state index < -0.39 is 16.1 Å². The van der Waals surface area contributed by atoms with Crippen molar-refractivity contribution in [1.82, 2.24) is 10.0 Å². The molecule has 0 aliphatic rings. The number of nitrogens with one attached hydrogen (secondary N) is 2. The first kappa shape index (κ1) is 21.5. The van der Waals surface area contributed by atoms with E-state index in [2.05, 4.69) is 10.0 Å². The minimum absolute atomic E-state index is 0.185. The Hall–Kier alpha value is -2.19. The van der Waals surface area contributed by atoms with Crippen molar-refractivity contribution in [2.45, 2.75) is 23.1 Å². The number of hydrogen-bond donors (Lipinski definition) is 2. The van der Waals surface area contributed by atoms with Crippen molar-refractivity contribution < 1.29 is 13.2 Å². The fourth-order valence-electron chi connectivity index (χ4n) is 2.80. The summed E-state index contributed by atoms with van der Waals surface area (Å²) < 4.78 is 28.0. The molecule has 0 spiro atoms. The first-order valence-corrected chi connectivity index (χ1v) is 11.8. The number of carbonyl (C=O) groups is 1. The molecule has 0 fully saturated rings. The summed E-state index contributed by atoms with van der Waals surface area (Å²) in [5.41, 5.74) is 1.91. The van der Waals surface area contributed by atoms with Gasteiger partial charge in [0.1, 0.15) is 10.3 Å². The summed E-state index contributed by atoms with van der Waals surface area (Å²) in [5.74, 6) is -0.358. The lowest BCUT2D eigenvalue weighted by Gasteiger charge is -2.18. The van der Waals surface area contributed by atoms with Crippen LogP contribution >= 0.6 is 22.9 Å². The smallest absolute Gasteiger partial charge is 0.250 e. The molecule has 2 aromatic carbocycles. The Morgan fingerprint density at radius 3 is 2.34 bits per heavy atom. The van der Waals surface area contributed by atoms with Gasteiger partial charge in [-0.25, -0.2) is 8.42 Å². The molecule has 0 saturated carbocycles. The van der Waals surface area contributed by atoms with Gasteiger partial charge in [-0.3, -0.25) is 4.79 Å². The SMILES string of the molecule is O=C(NCCc1ccc(Cl)cc1)[C@@H](Cc1ccccc1)NS(=O)(=O)c1cccs1. The monoisotopic (exact) mass is 448 g/mol. The van der Waals surface area contributed by atoms with Crippen molar-refractivity contribution in [1.29, 1.82) is 0 Å². The fourth-order valence-corrected chi connectivity index (χ4v) is 5.13. The van der Waals surface area contributed by atoms with Gasteiger partial charge in [0.2, 0.25) is 5.91 Å². The molecule has 0 radical (unpaired) electrons. The molecule has 3 rings (SSSR count). The van der Waals surface area contributed by atoms with Crippen LogP contribution in [0.25, 0.3) is 0 Å². The maximum Gasteiger partial charge on any atom is 0.250 e. The topological polar surface area (TPSA) is 75.3 Å². The van der Waals surface area contributed by atoms with Crippen molar-refractivity contribution in [3.05, 3.63) is 88.3 Å². The van der Waals surface area contributed by atoms with E-state index in [1.165, 1.54) is 6.07 Å². The third-order valence-corrected chi connectivity index (χ3v) is 7.40. The van der Waals surface area contributed by atoms with Crippen molar-refractivity contribution in [3.8, 4) is 0 Å². The van der Waals surface area contributed by atoms with Crippen LogP contribution < -0.4 is 10.0 Å². The molecule has 1 amide bonds. The lowest BCUT2D eigenvalue weighted by atomic mass is 10.1. The molecule has 0 aliphatic carbocycles. The number of halogens is 1. The molecule has 1 heterocycles. The second kappa shape index (κ2) is 10.0. The number of hydrogen-bond acceptors (Lipinski definition) is 4. The zero-order chi connectivity index (χ0) is 20.7. The zero-order valence-corrected chi connectivity index (χ0v) is 17.9. The van der Waals surface area contributed by atoms with Gasteiger partial charge in [-0.2, -0.15) is 4.72 Å². The van der Waals surface area contributed by atoms with Crippen LogP contribution in [0.4, 0.5) is 0 Å². The van der Waals surface area contributed by atoms with Crippen molar-refractivity contribution >= 4 is 38.9 Å². The van der Waals surface area contributed by atoms with Crippen LogP contribution in [0.1, 0.15) is 11.1 Å². The number of thiophene rings is 1. The Labute approximate surface area is 179 Å². The summed E-state index contributed by atoms with van der Waals surface area (Å²) in [5, 5.41) is 5.18. The van der Waals surface area contributed by atoms with E-state index in [4.69, 9.17) is 11.6 Å². The average molecular weight is 449 g/mol. The normalized spacial score (nSPS) is 12.4. The van der Waals surface area contributed by atoms with Crippen LogP contribution in [-0.4, -0.2) is 26.9 Å². The van der Waals surface area contributed by atoms with Crippen molar-refractivity contribution in [2.24, 2.45) is 0 Å². The van der Waals surface area contributed by atoms with E-state index in [0.717, 1.165) is 22.5 Å². The average Bonchev–Trinajstić information content (AvgIpc) is 3.25. The molecule has 0 saturated heterocycles. The highest BCUT2D eigenvalue weighted by molar-refractivity contribution is 7.91. The number of rotatable bonds is 9. The quantitative estimate of drug-likeness (QED) is 0.524. The van der Waals surface area contributed by atoms with Gasteiger partial charge in [0.15, 0.2) is 0 Å². The maximum atomic E-state index is 12.8. The van der Waals surface area contributed by atoms with Gasteiger partial charge in [0.05, 0.1) is 0 Å². The van der Waals surface area contributed by atoms with Gasteiger partial charge in [-0.05, 0) is 47.5 Å². The van der Waals surface area contributed by atoms with Crippen LogP contribution in [0.5, 0.6) is 0 Å². The minimum Gasteiger partial charge on any atom is -0.354 e. The zero-order valence-electron chi connectivity index (χ0n) is 15.5. The fraction of sp³-hybridized carbons (Fsp3) is 0.190. The van der Waals surface area contributed by atoms with E-state index in [-0.39, 0.29) is 16.5 Å². The van der Waals surface area contributed by atoms with Gasteiger partial charge < -0.3 is 5.32 Å². The van der Waals surface area contributed by atoms with E-state index >= 15 is 0 Å². The second-order valence-corrected chi connectivity index (χ2v) is 9.79. The summed E-state index contributed by atoms with van der Waals surface area (Å²) in [6.45, 7) is 0.395. The summed E-state index contributed by atoms with van der Waals surface area (Å²) in [7, 11) is -3.77. The molecular weight excluding hydrogens is 428 g/mol. The molecule has 1 atom stereocenters. The lowest BCUT2D eigenvalue weighted by molar-refractivity contribution is -0.122. The highest BCUT2D eigenvalue weighted by Crippen LogP contribution is 2.17. The second-order valence-electron chi connectivity index (χ2n) is 6.46. The summed E-state index contributed by atoms with van der Waals surface area (Å²) in [6, 6.07) is 19.0. The van der Waals surface area contributed by atoms with Gasteiger partial charge in [0.25, 0.3) is 10.0 Å². The number of amides is 1. The molecule has 8 heteroatoms. The summed E-state index contributed by atoms with van der Waals surface area (Å²) >= 11 is 7.00. The first-order valence-electron chi connectivity index (χ1n) is 9.06. The van der Waals surface area contributed by atoms with E-state index in [0.29, 0.717) is 18.0 Å². The Balaban J connectivity index is 1.67. The maximum absolute atomic E-state index is 12.8. The van der Waals surface area contributed by atoms with E-state index in [1.54, 1.807) is 23.6 Å². The Morgan fingerprint density at radius 2 is 1.69 bits per heavy atom. The van der Waals surface area contributed by atoms with Crippen LogP contribution in [0.2, 0.25) is 5.02 Å². The molecule has 0 aliphatic heterocycles. The number of benzene rings is 2. The van der Waals surface area contributed by atoms with Gasteiger partial charge in [-0.1, -0.05) is 60.1 Å². The standard InChI is InChI=1S/C21H21ClN2O3S2/c22-18-10-8-16(9-11-18)12-13-23-21(25)19(15-17-5-2-1-3-6-17)24-29(26,27)20-7-4-14-28-20/h1-11,14,19,24H,12-13,15H2,(H,23,25)/t19-/m1/s1. The molecule has 5 nitrogen and oxygen atoms in total. The van der Waals surface area contributed by atoms with Crippen LogP contribution in [0.15, 0.2) is 76.3 Å². The van der Waals surface area contributed by atoms with Crippen molar-refractivity contribution in [3.63, 3.8) is 0 Å². The van der Waals surface area contributed by atoms with Crippen LogP contribution in [-0.2, 0) is 27.7 Å². The molecule has 0 unspecified atom stereocenters. The number of carbonyl (C=O) groups excluding carboxylic acids is 1. The third kappa shape index (κ3) is 6.40.